The summed E-state index contributed by atoms with van der Waals surface area (Å²) in [5.41, 5.74) is 6.86. The number of hydrogen-bond donors (Lipinski definition) is 0. The van der Waals surface area contributed by atoms with Crippen LogP contribution in [0.3, 0.4) is 0 Å². The van der Waals surface area contributed by atoms with Gasteiger partial charge in [0.15, 0.2) is 0 Å². The fourth-order valence-corrected chi connectivity index (χ4v) is 4.11. The topological polar surface area (TPSA) is 43.9 Å². The summed E-state index contributed by atoms with van der Waals surface area (Å²) in [6.07, 6.45) is 0. The Balaban J connectivity index is 1.78. The molecule has 4 nitrogen and oxygen atoms in total. The largest absolute Gasteiger partial charge is 0.416 e. The normalized spacial score (nSPS) is 12.4. The molecule has 0 atom stereocenters. The summed E-state index contributed by atoms with van der Waals surface area (Å²) in [4.78, 5) is 9.87. The number of fused-ring (bicyclic) bond motifs is 1. The van der Waals surface area contributed by atoms with Gasteiger partial charge in [0.2, 0.25) is 11.5 Å². The quantitative estimate of drug-likeness (QED) is 0.281. The number of rotatable bonds is 3. The van der Waals surface area contributed by atoms with Gasteiger partial charge in [-0.2, -0.15) is 9.97 Å². The molecule has 0 aliphatic rings. The minimum absolute atomic E-state index is 0.0119. The SMILES string of the molecule is CC(C)(C)c1cc(-c2nc3oc(-c4ccccc4)nc3n2-c2ccccc2)cc(C(C)(C)C)c1. The van der Waals surface area contributed by atoms with Gasteiger partial charge in [-0.25, -0.2) is 0 Å². The van der Waals surface area contributed by atoms with E-state index < -0.39 is 0 Å². The van der Waals surface area contributed by atoms with Crippen LogP contribution < -0.4 is 0 Å². The standard InChI is InChI=1S/C30H31N3O/c1-29(2,3)22-17-21(18-23(19-22)30(4,5)6)25-31-28-26(33(25)24-15-11-8-12-16-24)32-27(34-28)20-13-9-7-10-14-20/h7-19H,1-6H3. The average Bonchev–Trinajstić information content (AvgIpc) is 3.37. The van der Waals surface area contributed by atoms with Crippen LogP contribution in [0, 0.1) is 0 Å². The van der Waals surface area contributed by atoms with Crippen LogP contribution in [0.15, 0.2) is 83.3 Å². The maximum atomic E-state index is 6.17. The van der Waals surface area contributed by atoms with Crippen molar-refractivity contribution in [3.8, 4) is 28.5 Å². The van der Waals surface area contributed by atoms with Gasteiger partial charge in [0, 0.05) is 16.8 Å². The molecule has 0 saturated heterocycles. The highest BCUT2D eigenvalue weighted by atomic mass is 16.4. The molecule has 0 fully saturated rings. The molecular weight excluding hydrogens is 418 g/mol. The number of aromatic nitrogens is 3. The van der Waals surface area contributed by atoms with Crippen LogP contribution in [0.4, 0.5) is 0 Å². The van der Waals surface area contributed by atoms with Gasteiger partial charge in [0.25, 0.3) is 5.71 Å². The minimum atomic E-state index is 0.0119. The molecule has 0 amide bonds. The summed E-state index contributed by atoms with van der Waals surface area (Å²) in [6, 6.07) is 27.1. The van der Waals surface area contributed by atoms with E-state index in [2.05, 4.69) is 76.4 Å². The van der Waals surface area contributed by atoms with Crippen LogP contribution in [0.2, 0.25) is 0 Å². The predicted molar refractivity (Wildman–Crippen MR) is 139 cm³/mol. The number of benzene rings is 3. The lowest BCUT2D eigenvalue weighted by molar-refractivity contribution is 0.569. The molecule has 0 bridgehead atoms. The smallest absolute Gasteiger partial charge is 0.267 e. The summed E-state index contributed by atoms with van der Waals surface area (Å²) in [7, 11) is 0. The van der Waals surface area contributed by atoms with Gasteiger partial charge in [-0.1, -0.05) is 84.0 Å². The van der Waals surface area contributed by atoms with E-state index in [0.29, 0.717) is 11.6 Å². The second-order valence-corrected chi connectivity index (χ2v) is 10.9. The van der Waals surface area contributed by atoms with Crippen molar-refractivity contribution in [2.45, 2.75) is 52.4 Å². The first-order chi connectivity index (χ1) is 16.1. The molecule has 0 aliphatic carbocycles. The molecule has 0 aliphatic heterocycles. The molecule has 0 spiro atoms. The second kappa shape index (κ2) is 7.98. The molecule has 3 aromatic carbocycles. The fraction of sp³-hybridized carbons (Fsp3) is 0.267. The Labute approximate surface area is 201 Å². The summed E-state index contributed by atoms with van der Waals surface area (Å²) < 4.78 is 8.28. The average molecular weight is 450 g/mol. The molecule has 172 valence electrons. The van der Waals surface area contributed by atoms with Crippen LogP contribution in [0.5, 0.6) is 0 Å². The van der Waals surface area contributed by atoms with Crippen LogP contribution in [0.25, 0.3) is 39.9 Å². The van der Waals surface area contributed by atoms with E-state index in [1.807, 2.05) is 48.5 Å². The number of para-hydroxylation sites is 1. The molecule has 5 rings (SSSR count). The van der Waals surface area contributed by atoms with Crippen molar-refractivity contribution >= 4 is 11.4 Å². The zero-order chi connectivity index (χ0) is 24.1. The number of imidazole rings is 1. The van der Waals surface area contributed by atoms with Crippen LogP contribution >= 0.6 is 0 Å². The van der Waals surface area contributed by atoms with Crippen LogP contribution in [-0.2, 0) is 10.8 Å². The zero-order valence-electron chi connectivity index (χ0n) is 20.8. The molecule has 0 radical (unpaired) electrons. The van der Waals surface area contributed by atoms with E-state index in [9.17, 15) is 0 Å². The highest BCUT2D eigenvalue weighted by Crippen LogP contribution is 2.36. The first-order valence-corrected chi connectivity index (χ1v) is 11.8. The van der Waals surface area contributed by atoms with E-state index in [1.54, 1.807) is 0 Å². The fourth-order valence-electron chi connectivity index (χ4n) is 4.11. The third-order valence-corrected chi connectivity index (χ3v) is 6.18. The Bertz CT molecular complexity index is 1410. The molecule has 34 heavy (non-hydrogen) atoms. The van der Waals surface area contributed by atoms with Gasteiger partial charge < -0.3 is 4.42 Å². The summed E-state index contributed by atoms with van der Waals surface area (Å²) in [5, 5.41) is 0. The van der Waals surface area contributed by atoms with Gasteiger partial charge in [0.1, 0.15) is 5.82 Å². The second-order valence-electron chi connectivity index (χ2n) is 10.9. The zero-order valence-corrected chi connectivity index (χ0v) is 20.8. The summed E-state index contributed by atoms with van der Waals surface area (Å²) >= 11 is 0. The third kappa shape index (κ3) is 4.05. The first kappa shape index (κ1) is 22.1. The maximum absolute atomic E-state index is 6.17. The van der Waals surface area contributed by atoms with Crippen molar-refractivity contribution in [1.29, 1.82) is 0 Å². The lowest BCUT2D eigenvalue weighted by Gasteiger charge is -2.26. The monoisotopic (exact) mass is 449 g/mol. The Morgan fingerprint density at radius 2 is 1.21 bits per heavy atom. The van der Waals surface area contributed by atoms with Crippen molar-refractivity contribution < 1.29 is 4.42 Å². The molecular formula is C30H31N3O. The van der Waals surface area contributed by atoms with Crippen LogP contribution in [-0.4, -0.2) is 14.5 Å². The number of oxazole rings is 1. The van der Waals surface area contributed by atoms with Crippen molar-refractivity contribution in [3.05, 3.63) is 90.0 Å². The van der Waals surface area contributed by atoms with Gasteiger partial charge >= 0.3 is 0 Å². The first-order valence-electron chi connectivity index (χ1n) is 11.8. The van der Waals surface area contributed by atoms with Gasteiger partial charge in [0.05, 0.1) is 0 Å². The lowest BCUT2D eigenvalue weighted by Crippen LogP contribution is -2.16. The molecule has 0 unspecified atom stereocenters. The summed E-state index contributed by atoms with van der Waals surface area (Å²) in [6.45, 7) is 13.5. The highest BCUT2D eigenvalue weighted by molar-refractivity contribution is 5.79. The molecule has 5 aromatic rings. The Morgan fingerprint density at radius 1 is 0.647 bits per heavy atom. The molecule has 0 saturated carbocycles. The predicted octanol–water partition coefficient (Wildman–Crippen LogP) is 7.94. The minimum Gasteiger partial charge on any atom is -0.416 e. The van der Waals surface area contributed by atoms with E-state index >= 15 is 0 Å². The summed E-state index contributed by atoms with van der Waals surface area (Å²) in [5.74, 6) is 1.41. The number of nitrogens with zero attached hydrogens (tertiary/aromatic N) is 3. The van der Waals surface area contributed by atoms with Crippen molar-refractivity contribution in [2.75, 3.05) is 0 Å². The molecule has 4 heteroatoms. The van der Waals surface area contributed by atoms with E-state index in [0.717, 1.165) is 28.3 Å². The highest BCUT2D eigenvalue weighted by Gasteiger charge is 2.25. The van der Waals surface area contributed by atoms with Gasteiger partial charge in [-0.3, -0.25) is 4.57 Å². The molecule has 2 aromatic heterocycles. The van der Waals surface area contributed by atoms with Crippen molar-refractivity contribution in [2.24, 2.45) is 0 Å². The lowest BCUT2D eigenvalue weighted by atomic mass is 9.79. The number of hydrogen-bond acceptors (Lipinski definition) is 3. The van der Waals surface area contributed by atoms with Crippen molar-refractivity contribution in [3.63, 3.8) is 0 Å². The molecule has 2 heterocycles. The Morgan fingerprint density at radius 3 is 1.76 bits per heavy atom. The van der Waals surface area contributed by atoms with Crippen LogP contribution in [0.1, 0.15) is 52.7 Å². The van der Waals surface area contributed by atoms with Gasteiger partial charge in [-0.15, -0.1) is 0 Å². The van der Waals surface area contributed by atoms with E-state index in [1.165, 1.54) is 11.1 Å². The van der Waals surface area contributed by atoms with E-state index in [-0.39, 0.29) is 10.8 Å². The van der Waals surface area contributed by atoms with E-state index in [4.69, 9.17) is 14.4 Å². The van der Waals surface area contributed by atoms with Gasteiger partial charge in [-0.05, 0) is 58.4 Å². The molecule has 0 N–H and O–H groups in total. The third-order valence-electron chi connectivity index (χ3n) is 6.18. The van der Waals surface area contributed by atoms with Crippen molar-refractivity contribution in [1.82, 2.24) is 14.5 Å². The maximum Gasteiger partial charge on any atom is 0.267 e. The Hall–Kier alpha value is -3.66. The Kier molecular flexibility index (Phi) is 5.20.